The number of amides is 3. The van der Waals surface area contributed by atoms with Crippen LogP contribution in [0, 0.1) is 5.82 Å². The van der Waals surface area contributed by atoms with E-state index in [0.29, 0.717) is 24.2 Å². The maximum absolute atomic E-state index is 13.9. The first-order chi connectivity index (χ1) is 14.3. The summed E-state index contributed by atoms with van der Waals surface area (Å²) in [6.45, 7) is -0.0286. The number of nitrogens with one attached hydrogen (secondary N) is 2. The molecule has 1 saturated heterocycles. The van der Waals surface area contributed by atoms with Crippen molar-refractivity contribution in [2.45, 2.75) is 31.4 Å². The Hall–Kier alpha value is -2.97. The smallest absolute Gasteiger partial charge is 0.268 e. The van der Waals surface area contributed by atoms with Crippen LogP contribution in [0.4, 0.5) is 15.8 Å². The van der Waals surface area contributed by atoms with Gasteiger partial charge in [-0.2, -0.15) is 0 Å². The monoisotopic (exact) mass is 431 g/mol. The lowest BCUT2D eigenvalue weighted by Gasteiger charge is -2.24. The minimum atomic E-state index is -2.23. The lowest BCUT2D eigenvalue weighted by molar-refractivity contribution is -0.149. The molecule has 1 atom stereocenters. The first kappa shape index (κ1) is 20.3. The predicted molar refractivity (Wildman–Crippen MR) is 109 cm³/mol. The number of benzene rings is 2. The molecule has 2 aromatic rings. The number of aliphatic hydroxyl groups is 1. The van der Waals surface area contributed by atoms with E-state index in [1.807, 2.05) is 0 Å². The van der Waals surface area contributed by atoms with Crippen LogP contribution in [-0.4, -0.2) is 35.0 Å². The summed E-state index contributed by atoms with van der Waals surface area (Å²) in [6, 6.07) is 9.18. The van der Waals surface area contributed by atoms with Crippen molar-refractivity contribution >= 4 is 40.7 Å². The van der Waals surface area contributed by atoms with Gasteiger partial charge in [-0.3, -0.25) is 14.4 Å². The standard InChI is InChI=1S/C21H19ClFN3O4/c22-14-3-1-13(16(23)10-14)11-24-19(28)21(30)7-8-26(20(21)29)15-4-5-17-12(9-15)2-6-18(27)25-17/h1,3-5,9-10,30H,2,6-8,11H2,(H,24,28)(H,25,27). The van der Waals surface area contributed by atoms with E-state index in [0.717, 1.165) is 11.6 Å². The van der Waals surface area contributed by atoms with Crippen molar-refractivity contribution in [3.63, 3.8) is 0 Å². The largest absolute Gasteiger partial charge is 0.372 e. The van der Waals surface area contributed by atoms with Crippen LogP contribution >= 0.6 is 11.6 Å². The average molecular weight is 432 g/mol. The van der Waals surface area contributed by atoms with Gasteiger partial charge in [-0.1, -0.05) is 17.7 Å². The third-order valence-electron chi connectivity index (χ3n) is 5.42. The molecular formula is C21H19ClFN3O4. The molecule has 2 heterocycles. The van der Waals surface area contributed by atoms with Crippen LogP contribution in [0.25, 0.3) is 0 Å². The minimum absolute atomic E-state index is 0.0596. The molecule has 7 nitrogen and oxygen atoms in total. The number of nitrogens with zero attached hydrogens (tertiary/aromatic N) is 1. The molecule has 2 aromatic carbocycles. The zero-order valence-corrected chi connectivity index (χ0v) is 16.6. The second kappa shape index (κ2) is 7.70. The Balaban J connectivity index is 1.47. The highest BCUT2D eigenvalue weighted by molar-refractivity contribution is 6.30. The molecule has 2 aliphatic heterocycles. The Kier molecular flexibility index (Phi) is 5.21. The molecule has 0 radical (unpaired) electrons. The molecule has 0 saturated carbocycles. The molecular weight excluding hydrogens is 413 g/mol. The summed E-state index contributed by atoms with van der Waals surface area (Å²) in [7, 11) is 0. The summed E-state index contributed by atoms with van der Waals surface area (Å²) in [4.78, 5) is 38.3. The summed E-state index contributed by atoms with van der Waals surface area (Å²) in [5.74, 6) is -2.27. The summed E-state index contributed by atoms with van der Waals surface area (Å²) >= 11 is 5.71. The first-order valence-electron chi connectivity index (χ1n) is 9.47. The number of fused-ring (bicyclic) bond motifs is 1. The van der Waals surface area contributed by atoms with Gasteiger partial charge in [-0.05, 0) is 42.3 Å². The molecule has 0 aromatic heterocycles. The first-order valence-corrected chi connectivity index (χ1v) is 9.85. The predicted octanol–water partition coefficient (Wildman–Crippen LogP) is 2.15. The van der Waals surface area contributed by atoms with Crippen molar-refractivity contribution in [1.82, 2.24) is 5.32 Å². The van der Waals surface area contributed by atoms with Gasteiger partial charge >= 0.3 is 0 Å². The molecule has 9 heteroatoms. The highest BCUT2D eigenvalue weighted by Crippen LogP contribution is 2.33. The number of anilines is 2. The Morgan fingerprint density at radius 2 is 2.03 bits per heavy atom. The molecule has 0 spiro atoms. The van der Waals surface area contributed by atoms with Gasteiger partial charge in [0.05, 0.1) is 0 Å². The fraction of sp³-hybridized carbons (Fsp3) is 0.286. The van der Waals surface area contributed by atoms with Crippen LogP contribution in [0.5, 0.6) is 0 Å². The zero-order chi connectivity index (χ0) is 21.5. The van der Waals surface area contributed by atoms with Gasteiger partial charge < -0.3 is 20.6 Å². The fourth-order valence-corrected chi connectivity index (χ4v) is 3.85. The van der Waals surface area contributed by atoms with Crippen LogP contribution in [-0.2, 0) is 27.3 Å². The van der Waals surface area contributed by atoms with E-state index >= 15 is 0 Å². The van der Waals surface area contributed by atoms with E-state index in [1.54, 1.807) is 18.2 Å². The summed E-state index contributed by atoms with van der Waals surface area (Å²) < 4.78 is 13.9. The lowest BCUT2D eigenvalue weighted by atomic mass is 10.0. The van der Waals surface area contributed by atoms with E-state index in [9.17, 15) is 23.9 Å². The Bertz CT molecular complexity index is 1060. The number of halogens is 2. The number of hydrogen-bond acceptors (Lipinski definition) is 4. The van der Waals surface area contributed by atoms with E-state index < -0.39 is 23.2 Å². The molecule has 30 heavy (non-hydrogen) atoms. The lowest BCUT2D eigenvalue weighted by Crippen LogP contribution is -2.52. The number of carbonyl (C=O) groups excluding carboxylic acids is 3. The SMILES string of the molecule is O=C1CCc2cc(N3CCC(O)(C(=O)NCc4ccc(Cl)cc4F)C3=O)ccc2N1. The highest BCUT2D eigenvalue weighted by Gasteiger charge is 2.51. The van der Waals surface area contributed by atoms with Gasteiger partial charge in [0, 0.05) is 47.9 Å². The number of hydrogen-bond donors (Lipinski definition) is 3. The maximum atomic E-state index is 13.9. The Morgan fingerprint density at radius 1 is 1.23 bits per heavy atom. The molecule has 1 fully saturated rings. The van der Waals surface area contributed by atoms with Gasteiger partial charge in [-0.25, -0.2) is 4.39 Å². The molecule has 156 valence electrons. The Labute approximate surface area is 176 Å². The topological polar surface area (TPSA) is 98.7 Å². The van der Waals surface area contributed by atoms with Crippen molar-refractivity contribution in [2.24, 2.45) is 0 Å². The van der Waals surface area contributed by atoms with Gasteiger partial charge in [0.25, 0.3) is 11.8 Å². The van der Waals surface area contributed by atoms with E-state index in [1.165, 1.54) is 17.0 Å². The average Bonchev–Trinajstić information content (AvgIpc) is 3.02. The van der Waals surface area contributed by atoms with E-state index in [4.69, 9.17) is 11.6 Å². The zero-order valence-electron chi connectivity index (χ0n) is 15.9. The summed E-state index contributed by atoms with van der Waals surface area (Å²) in [5, 5.41) is 16.2. The van der Waals surface area contributed by atoms with Gasteiger partial charge in [0.2, 0.25) is 11.5 Å². The fourth-order valence-electron chi connectivity index (χ4n) is 3.69. The third-order valence-corrected chi connectivity index (χ3v) is 5.66. The van der Waals surface area contributed by atoms with E-state index in [-0.39, 0.29) is 36.0 Å². The van der Waals surface area contributed by atoms with Crippen molar-refractivity contribution in [1.29, 1.82) is 0 Å². The van der Waals surface area contributed by atoms with Crippen molar-refractivity contribution < 1.29 is 23.9 Å². The molecule has 3 amide bonds. The Morgan fingerprint density at radius 3 is 2.80 bits per heavy atom. The van der Waals surface area contributed by atoms with Gasteiger partial charge in [0.15, 0.2) is 0 Å². The van der Waals surface area contributed by atoms with Gasteiger partial charge in [0.1, 0.15) is 5.82 Å². The molecule has 0 bridgehead atoms. The molecule has 0 aliphatic carbocycles. The van der Waals surface area contributed by atoms with E-state index in [2.05, 4.69) is 10.6 Å². The second-order valence-corrected chi connectivity index (χ2v) is 7.81. The van der Waals surface area contributed by atoms with Gasteiger partial charge in [-0.15, -0.1) is 0 Å². The van der Waals surface area contributed by atoms with Crippen LogP contribution in [0.2, 0.25) is 5.02 Å². The quantitative estimate of drug-likeness (QED) is 0.646. The van der Waals surface area contributed by atoms with Crippen LogP contribution in [0.3, 0.4) is 0 Å². The van der Waals surface area contributed by atoms with Crippen LogP contribution in [0.1, 0.15) is 24.0 Å². The second-order valence-electron chi connectivity index (χ2n) is 7.38. The normalized spacial score (nSPS) is 20.7. The maximum Gasteiger partial charge on any atom is 0.268 e. The summed E-state index contributed by atoms with van der Waals surface area (Å²) in [5.41, 5.74) is 0.0860. The molecule has 4 rings (SSSR count). The van der Waals surface area contributed by atoms with Crippen molar-refractivity contribution in [2.75, 3.05) is 16.8 Å². The number of carbonyl (C=O) groups is 3. The van der Waals surface area contributed by atoms with Crippen molar-refractivity contribution in [3.8, 4) is 0 Å². The molecule has 2 aliphatic rings. The number of aryl methyl sites for hydroxylation is 1. The molecule has 1 unspecified atom stereocenters. The highest BCUT2D eigenvalue weighted by atomic mass is 35.5. The minimum Gasteiger partial charge on any atom is -0.372 e. The third kappa shape index (κ3) is 3.64. The summed E-state index contributed by atoms with van der Waals surface area (Å²) in [6.07, 6.45) is 0.820. The molecule has 3 N–H and O–H groups in total. The van der Waals surface area contributed by atoms with Crippen LogP contribution in [0.15, 0.2) is 36.4 Å². The van der Waals surface area contributed by atoms with Crippen molar-refractivity contribution in [3.05, 3.63) is 58.4 Å². The van der Waals surface area contributed by atoms with Crippen LogP contribution < -0.4 is 15.5 Å². The number of rotatable bonds is 4.